The van der Waals surface area contributed by atoms with Gasteiger partial charge in [-0.25, -0.2) is 13.1 Å². The third kappa shape index (κ3) is 4.64. The molecule has 0 aliphatic heterocycles. The lowest BCUT2D eigenvalue weighted by Crippen LogP contribution is -2.33. The molecule has 0 radical (unpaired) electrons. The summed E-state index contributed by atoms with van der Waals surface area (Å²) < 4.78 is 27.4. The molecule has 0 spiro atoms. The molecular formula is C18H23NO3S. The molecule has 5 heteroatoms. The summed E-state index contributed by atoms with van der Waals surface area (Å²) in [4.78, 5) is 0.271. The average molecular weight is 333 g/mol. The lowest BCUT2D eigenvalue weighted by Gasteiger charge is -2.15. The van der Waals surface area contributed by atoms with Gasteiger partial charge in [-0.1, -0.05) is 36.4 Å². The zero-order chi connectivity index (χ0) is 17.0. The van der Waals surface area contributed by atoms with Crippen molar-refractivity contribution in [3.05, 3.63) is 64.7 Å². The summed E-state index contributed by atoms with van der Waals surface area (Å²) in [6.07, 6.45) is -0.353. The lowest BCUT2D eigenvalue weighted by atomic mass is 10.1. The third-order valence-electron chi connectivity index (χ3n) is 3.90. The molecule has 0 unspecified atom stereocenters. The zero-order valence-electron chi connectivity index (χ0n) is 13.7. The highest BCUT2D eigenvalue weighted by Gasteiger charge is 2.19. The van der Waals surface area contributed by atoms with E-state index in [-0.39, 0.29) is 11.4 Å². The number of aliphatic hydroxyl groups is 1. The number of benzene rings is 2. The molecule has 4 nitrogen and oxygen atoms in total. The maximum atomic E-state index is 12.5. The molecule has 124 valence electrons. The number of aryl methyl sites for hydroxylation is 3. The van der Waals surface area contributed by atoms with E-state index >= 15 is 0 Å². The summed E-state index contributed by atoms with van der Waals surface area (Å²) in [5.74, 6) is 0. The van der Waals surface area contributed by atoms with E-state index in [9.17, 15) is 13.5 Å². The number of rotatable bonds is 6. The van der Waals surface area contributed by atoms with Crippen LogP contribution < -0.4 is 4.72 Å². The van der Waals surface area contributed by atoms with Crippen LogP contribution in [0.4, 0.5) is 0 Å². The fraction of sp³-hybridized carbons (Fsp3) is 0.333. The van der Waals surface area contributed by atoms with Crippen LogP contribution in [0.2, 0.25) is 0 Å². The van der Waals surface area contributed by atoms with Gasteiger partial charge in [-0.15, -0.1) is 0 Å². The maximum Gasteiger partial charge on any atom is 0.240 e. The van der Waals surface area contributed by atoms with E-state index in [1.54, 1.807) is 13.0 Å². The van der Waals surface area contributed by atoms with Crippen molar-refractivity contribution in [3.8, 4) is 0 Å². The van der Waals surface area contributed by atoms with Crippen molar-refractivity contribution >= 4 is 10.0 Å². The van der Waals surface area contributed by atoms with Crippen molar-refractivity contribution in [2.75, 3.05) is 6.54 Å². The summed E-state index contributed by atoms with van der Waals surface area (Å²) >= 11 is 0. The molecule has 23 heavy (non-hydrogen) atoms. The fourth-order valence-corrected chi connectivity index (χ4v) is 3.85. The topological polar surface area (TPSA) is 66.4 Å². The van der Waals surface area contributed by atoms with Crippen molar-refractivity contribution in [1.29, 1.82) is 0 Å². The fourth-order valence-electron chi connectivity index (χ4n) is 2.47. The second kappa shape index (κ2) is 7.25. The number of hydrogen-bond acceptors (Lipinski definition) is 3. The summed E-state index contributed by atoms with van der Waals surface area (Å²) in [5, 5.41) is 10.1. The van der Waals surface area contributed by atoms with Crippen molar-refractivity contribution in [2.24, 2.45) is 0 Å². The minimum atomic E-state index is -3.63. The average Bonchev–Trinajstić information content (AvgIpc) is 2.50. The van der Waals surface area contributed by atoms with E-state index in [0.717, 1.165) is 16.7 Å². The highest BCUT2D eigenvalue weighted by Crippen LogP contribution is 2.19. The van der Waals surface area contributed by atoms with E-state index in [4.69, 9.17) is 0 Å². The summed E-state index contributed by atoms with van der Waals surface area (Å²) in [6, 6.07) is 13.0. The van der Waals surface area contributed by atoms with Crippen LogP contribution in [0.3, 0.4) is 0 Å². The predicted octanol–water partition coefficient (Wildman–Crippen LogP) is 2.49. The van der Waals surface area contributed by atoms with Gasteiger partial charge in [0.15, 0.2) is 0 Å². The molecule has 0 saturated carbocycles. The molecule has 0 aliphatic carbocycles. The van der Waals surface area contributed by atoms with Gasteiger partial charge in [0.25, 0.3) is 0 Å². The monoisotopic (exact) mass is 333 g/mol. The van der Waals surface area contributed by atoms with Gasteiger partial charge in [0.2, 0.25) is 10.0 Å². The third-order valence-corrected chi connectivity index (χ3v) is 5.47. The standard InChI is InChI=1S/C18H23NO3S/c1-13-9-15(3)18(10-14(13)2)23(21,22)19-12-17(20)11-16-7-5-4-6-8-16/h4-10,17,19-20H,11-12H2,1-3H3/t17-/m1/s1. The van der Waals surface area contributed by atoms with Crippen LogP contribution in [-0.2, 0) is 16.4 Å². The van der Waals surface area contributed by atoms with E-state index in [2.05, 4.69) is 4.72 Å². The second-order valence-corrected chi connectivity index (χ2v) is 7.63. The normalized spacial score (nSPS) is 13.0. The molecule has 0 bridgehead atoms. The molecule has 2 N–H and O–H groups in total. The number of sulfonamides is 1. The molecule has 2 aromatic rings. The second-order valence-electron chi connectivity index (χ2n) is 5.90. The molecule has 0 aromatic heterocycles. The van der Waals surface area contributed by atoms with E-state index in [1.807, 2.05) is 50.2 Å². The molecule has 0 saturated heterocycles. The smallest absolute Gasteiger partial charge is 0.240 e. The van der Waals surface area contributed by atoms with E-state index in [0.29, 0.717) is 12.0 Å². The Labute approximate surface area is 138 Å². The summed E-state index contributed by atoms with van der Waals surface area (Å²) in [6.45, 7) is 5.61. The minimum absolute atomic E-state index is 0.0103. The first kappa shape index (κ1) is 17.7. The molecule has 0 amide bonds. The Morgan fingerprint density at radius 3 is 2.26 bits per heavy atom. The molecule has 2 aromatic carbocycles. The van der Waals surface area contributed by atoms with Gasteiger partial charge in [-0.2, -0.15) is 0 Å². The summed E-state index contributed by atoms with van der Waals surface area (Å²) in [5.41, 5.74) is 3.67. The predicted molar refractivity (Wildman–Crippen MR) is 92.0 cm³/mol. The largest absolute Gasteiger partial charge is 0.391 e. The Balaban J connectivity index is 2.06. The van der Waals surface area contributed by atoms with Crippen molar-refractivity contribution in [3.63, 3.8) is 0 Å². The minimum Gasteiger partial charge on any atom is -0.391 e. The van der Waals surface area contributed by atoms with Gasteiger partial charge in [-0.3, -0.25) is 0 Å². The Hall–Kier alpha value is -1.69. The van der Waals surface area contributed by atoms with Crippen molar-refractivity contribution < 1.29 is 13.5 Å². The van der Waals surface area contributed by atoms with Crippen molar-refractivity contribution in [2.45, 2.75) is 38.2 Å². The van der Waals surface area contributed by atoms with Crippen LogP contribution in [0.1, 0.15) is 22.3 Å². The Bertz CT molecular complexity index is 770. The molecule has 0 heterocycles. The maximum absolute atomic E-state index is 12.5. The Morgan fingerprint density at radius 1 is 1.00 bits per heavy atom. The quantitative estimate of drug-likeness (QED) is 0.853. The molecule has 0 fully saturated rings. The van der Waals surface area contributed by atoms with Gasteiger partial charge in [0.05, 0.1) is 11.0 Å². The Morgan fingerprint density at radius 2 is 1.61 bits per heavy atom. The summed E-state index contributed by atoms with van der Waals surface area (Å²) in [7, 11) is -3.63. The van der Waals surface area contributed by atoms with Gasteiger partial charge in [0, 0.05) is 6.54 Å². The van der Waals surface area contributed by atoms with Crippen LogP contribution >= 0.6 is 0 Å². The number of nitrogens with one attached hydrogen (secondary N) is 1. The van der Waals surface area contributed by atoms with Gasteiger partial charge in [0.1, 0.15) is 0 Å². The van der Waals surface area contributed by atoms with Crippen molar-refractivity contribution in [1.82, 2.24) is 4.72 Å². The first-order valence-corrected chi connectivity index (χ1v) is 9.07. The zero-order valence-corrected chi connectivity index (χ0v) is 14.5. The van der Waals surface area contributed by atoms with Crippen LogP contribution in [0.25, 0.3) is 0 Å². The number of hydrogen-bond donors (Lipinski definition) is 2. The highest BCUT2D eigenvalue weighted by atomic mass is 32.2. The van der Waals surface area contributed by atoms with E-state index in [1.165, 1.54) is 0 Å². The highest BCUT2D eigenvalue weighted by molar-refractivity contribution is 7.89. The van der Waals surface area contributed by atoms with Gasteiger partial charge in [-0.05, 0) is 55.5 Å². The molecular weight excluding hydrogens is 310 g/mol. The van der Waals surface area contributed by atoms with Gasteiger partial charge >= 0.3 is 0 Å². The first-order valence-electron chi connectivity index (χ1n) is 7.59. The molecule has 2 rings (SSSR count). The molecule has 1 atom stereocenters. The Kier molecular flexibility index (Phi) is 5.57. The van der Waals surface area contributed by atoms with Crippen LogP contribution in [0.15, 0.2) is 47.4 Å². The van der Waals surface area contributed by atoms with Crippen LogP contribution in [0, 0.1) is 20.8 Å². The SMILES string of the molecule is Cc1cc(C)c(S(=O)(=O)NC[C@H](O)Cc2ccccc2)cc1C. The first-order chi connectivity index (χ1) is 10.8. The number of aliphatic hydroxyl groups excluding tert-OH is 1. The van der Waals surface area contributed by atoms with E-state index < -0.39 is 16.1 Å². The van der Waals surface area contributed by atoms with Gasteiger partial charge < -0.3 is 5.11 Å². The van der Waals surface area contributed by atoms with Crippen LogP contribution in [-0.4, -0.2) is 26.2 Å². The van der Waals surface area contributed by atoms with Crippen LogP contribution in [0.5, 0.6) is 0 Å². The lowest BCUT2D eigenvalue weighted by molar-refractivity contribution is 0.179. The molecule has 0 aliphatic rings.